The van der Waals surface area contributed by atoms with Crippen molar-refractivity contribution in [2.75, 3.05) is 25.1 Å². The molecule has 1 aliphatic rings. The number of piperidine rings is 1. The quantitative estimate of drug-likeness (QED) is 0.557. The van der Waals surface area contributed by atoms with Crippen LogP contribution in [0.3, 0.4) is 0 Å². The van der Waals surface area contributed by atoms with Crippen molar-refractivity contribution in [3.63, 3.8) is 0 Å². The van der Waals surface area contributed by atoms with Gasteiger partial charge in [0.05, 0.1) is 31.5 Å². The molecule has 3 aromatic rings. The number of aryl methyl sites for hydroxylation is 1. The van der Waals surface area contributed by atoms with Crippen LogP contribution in [-0.4, -0.2) is 44.9 Å². The van der Waals surface area contributed by atoms with Crippen molar-refractivity contribution in [3.05, 3.63) is 50.4 Å². The van der Waals surface area contributed by atoms with Gasteiger partial charge in [-0.05, 0) is 31.9 Å². The number of pyridine rings is 1. The van der Waals surface area contributed by atoms with E-state index < -0.39 is 11.2 Å². The van der Waals surface area contributed by atoms with Gasteiger partial charge in [0.2, 0.25) is 0 Å². The summed E-state index contributed by atoms with van der Waals surface area (Å²) in [5.74, 6) is 7.06. The molecule has 3 aromatic heterocycles. The Hall–Kier alpha value is -4.02. The normalized spacial score (nSPS) is 15.6. The molecule has 0 amide bonds. The van der Waals surface area contributed by atoms with Crippen LogP contribution in [0.4, 0.5) is 5.82 Å². The Balaban J connectivity index is 2.03. The second-order valence-electron chi connectivity index (χ2n) is 8.26. The van der Waals surface area contributed by atoms with Gasteiger partial charge in [-0.1, -0.05) is 5.92 Å². The van der Waals surface area contributed by atoms with E-state index in [1.807, 2.05) is 4.57 Å². The van der Waals surface area contributed by atoms with Gasteiger partial charge in [0.25, 0.3) is 5.56 Å². The van der Waals surface area contributed by atoms with Crippen LogP contribution in [0, 0.1) is 23.2 Å². The summed E-state index contributed by atoms with van der Waals surface area (Å²) in [4.78, 5) is 33.4. The highest BCUT2D eigenvalue weighted by molar-refractivity contribution is 5.90. The van der Waals surface area contributed by atoms with Crippen molar-refractivity contribution in [2.45, 2.75) is 38.9 Å². The van der Waals surface area contributed by atoms with Gasteiger partial charge < -0.3 is 19.9 Å². The number of nitriles is 1. The smallest absolute Gasteiger partial charge is 0.331 e. The number of nitrogens with zero attached hydrogens (tertiary/aromatic N) is 6. The first-order valence-corrected chi connectivity index (χ1v) is 11.1. The minimum Gasteiger partial charge on any atom is -0.491 e. The molecule has 0 saturated carbocycles. The van der Waals surface area contributed by atoms with Crippen LogP contribution in [0.25, 0.3) is 11.0 Å². The number of rotatable bonds is 5. The lowest BCUT2D eigenvalue weighted by Crippen LogP contribution is -2.44. The highest BCUT2D eigenvalue weighted by Gasteiger charge is 2.30. The largest absolute Gasteiger partial charge is 0.491 e. The molecule has 0 spiro atoms. The molecular formula is C24H27N7O3. The number of hydrogen-bond donors (Lipinski definition) is 1. The number of nitrogens with two attached hydrogens (primary N) is 1. The number of anilines is 1. The van der Waals surface area contributed by atoms with E-state index in [-0.39, 0.29) is 19.1 Å². The summed E-state index contributed by atoms with van der Waals surface area (Å²) in [6, 6.07) is 5.31. The predicted octanol–water partition coefficient (Wildman–Crippen LogP) is 0.776. The summed E-state index contributed by atoms with van der Waals surface area (Å²) >= 11 is 0. The van der Waals surface area contributed by atoms with E-state index in [9.17, 15) is 14.9 Å². The van der Waals surface area contributed by atoms with Gasteiger partial charge in [-0.25, -0.2) is 4.79 Å². The number of hydrogen-bond acceptors (Lipinski definition) is 7. The van der Waals surface area contributed by atoms with Crippen LogP contribution in [-0.2, 0) is 20.1 Å². The maximum atomic E-state index is 13.8. The van der Waals surface area contributed by atoms with Crippen LogP contribution in [0.1, 0.15) is 31.0 Å². The van der Waals surface area contributed by atoms with Crippen LogP contribution in [0.5, 0.6) is 5.75 Å². The molecule has 10 heteroatoms. The van der Waals surface area contributed by atoms with Crippen molar-refractivity contribution in [1.82, 2.24) is 18.7 Å². The zero-order chi connectivity index (χ0) is 24.4. The van der Waals surface area contributed by atoms with E-state index in [0.29, 0.717) is 40.4 Å². The van der Waals surface area contributed by atoms with Gasteiger partial charge in [0, 0.05) is 32.4 Å². The fraction of sp³-hybridized carbons (Fsp3) is 0.417. The van der Waals surface area contributed by atoms with Gasteiger partial charge in [-0.2, -0.15) is 5.26 Å². The number of aromatic nitrogens is 4. The summed E-state index contributed by atoms with van der Waals surface area (Å²) < 4.78 is 10.1. The lowest BCUT2D eigenvalue weighted by atomic mass is 10.1. The summed E-state index contributed by atoms with van der Waals surface area (Å²) in [5, 5.41) is 9.43. The van der Waals surface area contributed by atoms with Crippen LogP contribution < -0.4 is 26.6 Å². The van der Waals surface area contributed by atoms with Gasteiger partial charge in [-0.3, -0.25) is 18.9 Å². The molecule has 34 heavy (non-hydrogen) atoms. The Morgan fingerprint density at radius 1 is 1.29 bits per heavy atom. The molecule has 1 fully saturated rings. The molecule has 1 aliphatic heterocycles. The molecule has 0 aromatic carbocycles. The second kappa shape index (κ2) is 9.46. The van der Waals surface area contributed by atoms with Crippen molar-refractivity contribution in [1.29, 1.82) is 5.26 Å². The van der Waals surface area contributed by atoms with Gasteiger partial charge in [-0.15, -0.1) is 5.92 Å². The average molecular weight is 462 g/mol. The predicted molar refractivity (Wildman–Crippen MR) is 129 cm³/mol. The number of fused-ring (bicyclic) bond motifs is 1. The third-order valence-corrected chi connectivity index (χ3v) is 6.16. The maximum absolute atomic E-state index is 13.8. The van der Waals surface area contributed by atoms with E-state index in [1.54, 1.807) is 26.1 Å². The SMILES string of the molecule is CC#CCn1c(N2CCCC(N)C2)c(OC)c2c1c(=O)n(Cc1ncccc1C#N)c(=O)n2C. The number of ether oxygens (including phenoxy) is 1. The monoisotopic (exact) mass is 461 g/mol. The minimum atomic E-state index is -0.522. The van der Waals surface area contributed by atoms with Crippen LogP contribution >= 0.6 is 0 Å². The summed E-state index contributed by atoms with van der Waals surface area (Å²) in [6.45, 7) is 3.22. The molecule has 2 N–H and O–H groups in total. The average Bonchev–Trinajstić information content (AvgIpc) is 3.18. The molecular weight excluding hydrogens is 434 g/mol. The molecule has 1 atom stereocenters. The van der Waals surface area contributed by atoms with Crippen LogP contribution in [0.15, 0.2) is 27.9 Å². The van der Waals surface area contributed by atoms with E-state index in [0.717, 1.165) is 24.0 Å². The highest BCUT2D eigenvalue weighted by Crippen LogP contribution is 2.38. The molecule has 4 rings (SSSR count). The summed E-state index contributed by atoms with van der Waals surface area (Å²) in [6.07, 6.45) is 3.36. The summed E-state index contributed by atoms with van der Waals surface area (Å²) in [7, 11) is 3.13. The van der Waals surface area contributed by atoms with Crippen molar-refractivity contribution >= 4 is 16.9 Å². The zero-order valence-electron chi connectivity index (χ0n) is 19.5. The second-order valence-corrected chi connectivity index (χ2v) is 8.26. The third-order valence-electron chi connectivity index (χ3n) is 6.16. The molecule has 4 heterocycles. The van der Waals surface area contributed by atoms with Gasteiger partial charge >= 0.3 is 5.69 Å². The highest BCUT2D eigenvalue weighted by atomic mass is 16.5. The maximum Gasteiger partial charge on any atom is 0.331 e. The minimum absolute atomic E-state index is 0.00351. The van der Waals surface area contributed by atoms with E-state index >= 15 is 0 Å². The van der Waals surface area contributed by atoms with E-state index in [4.69, 9.17) is 10.5 Å². The Morgan fingerprint density at radius 3 is 2.76 bits per heavy atom. The Labute approximate surface area is 196 Å². The van der Waals surface area contributed by atoms with E-state index in [1.165, 1.54) is 17.9 Å². The molecule has 0 radical (unpaired) electrons. The molecule has 176 valence electrons. The topological polar surface area (TPSA) is 124 Å². The fourth-order valence-corrected chi connectivity index (χ4v) is 4.56. The van der Waals surface area contributed by atoms with Gasteiger partial charge in [0.1, 0.15) is 17.1 Å². The third kappa shape index (κ3) is 3.82. The Kier molecular flexibility index (Phi) is 6.44. The molecule has 0 bridgehead atoms. The first kappa shape index (κ1) is 23.1. The first-order valence-electron chi connectivity index (χ1n) is 11.1. The van der Waals surface area contributed by atoms with Crippen molar-refractivity contribution < 1.29 is 4.74 Å². The zero-order valence-corrected chi connectivity index (χ0v) is 19.5. The molecule has 1 saturated heterocycles. The first-order chi connectivity index (χ1) is 16.4. The van der Waals surface area contributed by atoms with E-state index in [2.05, 4.69) is 27.8 Å². The van der Waals surface area contributed by atoms with Gasteiger partial charge in [0.15, 0.2) is 11.6 Å². The van der Waals surface area contributed by atoms with Crippen LogP contribution in [0.2, 0.25) is 0 Å². The fourth-order valence-electron chi connectivity index (χ4n) is 4.56. The molecule has 0 aliphatic carbocycles. The standard InChI is InChI=1S/C24H27N7O3/c1-4-5-12-30-20-19(21(34-3)22(30)29-11-7-9-17(26)14-29)28(2)24(33)31(23(20)32)15-18-16(13-25)8-6-10-27-18/h6,8,10,17H,7,9,11-12,14-15,26H2,1-3H3. The Bertz CT molecular complexity index is 1460. The summed E-state index contributed by atoms with van der Waals surface area (Å²) in [5.41, 5.74) is 6.61. The number of methoxy groups -OCH3 is 1. The molecule has 1 unspecified atom stereocenters. The lowest BCUT2D eigenvalue weighted by molar-refractivity contribution is 0.411. The lowest BCUT2D eigenvalue weighted by Gasteiger charge is -2.33. The Morgan fingerprint density at radius 2 is 2.09 bits per heavy atom. The van der Waals surface area contributed by atoms with Crippen molar-refractivity contribution in [3.8, 4) is 23.7 Å². The molecule has 10 nitrogen and oxygen atoms in total. The van der Waals surface area contributed by atoms with Crippen molar-refractivity contribution in [2.24, 2.45) is 12.8 Å².